The number of piperazine rings is 1. The number of aromatic amines is 1. The molecule has 0 spiro atoms. The van der Waals surface area contributed by atoms with Crippen LogP contribution in [-0.2, 0) is 16.0 Å². The largest absolute Gasteiger partial charge is 0.332 e. The molecule has 1 saturated heterocycles. The highest BCUT2D eigenvalue weighted by Gasteiger charge is 2.37. The zero-order valence-corrected chi connectivity index (χ0v) is 16.4. The van der Waals surface area contributed by atoms with Crippen LogP contribution in [0.15, 0.2) is 65.5 Å². The Morgan fingerprint density at radius 2 is 1.87 bits per heavy atom. The summed E-state index contributed by atoms with van der Waals surface area (Å²) in [7, 11) is 0. The summed E-state index contributed by atoms with van der Waals surface area (Å²) < 4.78 is 0. The lowest BCUT2D eigenvalue weighted by Gasteiger charge is -2.44. The minimum Gasteiger partial charge on any atom is -0.332 e. The molecule has 1 fully saturated rings. The molecular formula is C24H21N3O3. The standard InChI is InChI=1S/C24H21N3O3/c28-22(10-9-18-13-17-6-2-4-8-20(17)25-24(18)30)26-14-21-19-7-3-1-5-16(19)11-12-27(21)23(29)15-26/h1-10,13,21H,11-12,14-15H2,(H,25,30)/b10-9+. The number of carbonyl (C=O) groups excluding carboxylic acids is 2. The molecule has 0 radical (unpaired) electrons. The van der Waals surface area contributed by atoms with Crippen LogP contribution in [0.2, 0.25) is 0 Å². The Balaban J connectivity index is 1.39. The van der Waals surface area contributed by atoms with Gasteiger partial charge in [-0.05, 0) is 41.1 Å². The molecule has 30 heavy (non-hydrogen) atoms. The molecule has 1 N–H and O–H groups in total. The van der Waals surface area contributed by atoms with E-state index in [1.165, 1.54) is 17.7 Å². The number of hydrogen-bond acceptors (Lipinski definition) is 3. The number of carbonyl (C=O) groups is 2. The van der Waals surface area contributed by atoms with Crippen LogP contribution in [0.3, 0.4) is 0 Å². The Labute approximate surface area is 173 Å². The number of benzene rings is 2. The lowest BCUT2D eigenvalue weighted by molar-refractivity contribution is -0.147. The number of para-hydroxylation sites is 1. The number of aromatic nitrogens is 1. The number of nitrogens with zero attached hydrogens (tertiary/aromatic N) is 2. The molecule has 3 aromatic rings. The van der Waals surface area contributed by atoms with Gasteiger partial charge in [0, 0.05) is 30.2 Å². The van der Waals surface area contributed by atoms with Crippen molar-refractivity contribution in [1.82, 2.24) is 14.8 Å². The minimum atomic E-state index is -0.265. The van der Waals surface area contributed by atoms with Crippen molar-refractivity contribution >= 4 is 28.8 Å². The zero-order chi connectivity index (χ0) is 20.7. The summed E-state index contributed by atoms with van der Waals surface area (Å²) in [5.74, 6) is -0.301. The fourth-order valence-corrected chi connectivity index (χ4v) is 4.40. The Kier molecular flexibility index (Phi) is 4.47. The van der Waals surface area contributed by atoms with Gasteiger partial charge in [-0.3, -0.25) is 14.4 Å². The molecule has 150 valence electrons. The lowest BCUT2D eigenvalue weighted by atomic mass is 9.91. The maximum absolute atomic E-state index is 12.8. The van der Waals surface area contributed by atoms with E-state index >= 15 is 0 Å². The van der Waals surface area contributed by atoms with Crippen LogP contribution in [0.4, 0.5) is 0 Å². The zero-order valence-electron chi connectivity index (χ0n) is 16.4. The summed E-state index contributed by atoms with van der Waals surface area (Å²) in [5, 5.41) is 0.895. The van der Waals surface area contributed by atoms with E-state index in [4.69, 9.17) is 0 Å². The van der Waals surface area contributed by atoms with Crippen molar-refractivity contribution in [2.45, 2.75) is 12.5 Å². The molecule has 0 saturated carbocycles. The van der Waals surface area contributed by atoms with E-state index in [2.05, 4.69) is 11.1 Å². The number of pyridine rings is 1. The van der Waals surface area contributed by atoms with Crippen molar-refractivity contribution in [1.29, 1.82) is 0 Å². The van der Waals surface area contributed by atoms with Gasteiger partial charge in [0.15, 0.2) is 0 Å². The molecule has 1 unspecified atom stereocenters. The van der Waals surface area contributed by atoms with Crippen molar-refractivity contribution in [3.05, 3.63) is 87.7 Å². The molecule has 6 heteroatoms. The van der Waals surface area contributed by atoms with Gasteiger partial charge in [-0.1, -0.05) is 42.5 Å². The summed E-state index contributed by atoms with van der Waals surface area (Å²) in [6.07, 6.45) is 3.76. The Bertz CT molecular complexity index is 1240. The fraction of sp³-hybridized carbons (Fsp3) is 0.208. The van der Waals surface area contributed by atoms with Gasteiger partial charge < -0.3 is 14.8 Å². The summed E-state index contributed by atoms with van der Waals surface area (Å²) in [6.45, 7) is 1.21. The second-order valence-electron chi connectivity index (χ2n) is 7.74. The highest BCUT2D eigenvalue weighted by Crippen LogP contribution is 2.33. The van der Waals surface area contributed by atoms with E-state index in [1.807, 2.05) is 47.4 Å². The monoisotopic (exact) mass is 399 g/mol. The van der Waals surface area contributed by atoms with Gasteiger partial charge >= 0.3 is 0 Å². The molecule has 2 amide bonds. The maximum atomic E-state index is 12.8. The number of amides is 2. The first-order valence-electron chi connectivity index (χ1n) is 10.1. The Morgan fingerprint density at radius 1 is 1.07 bits per heavy atom. The predicted octanol–water partition coefficient (Wildman–Crippen LogP) is 2.51. The molecule has 5 rings (SSSR count). The molecule has 3 heterocycles. The number of nitrogens with one attached hydrogen (secondary N) is 1. The molecule has 1 atom stereocenters. The third-order valence-corrected chi connectivity index (χ3v) is 5.95. The third kappa shape index (κ3) is 3.20. The molecule has 2 aliphatic heterocycles. The average Bonchev–Trinajstić information content (AvgIpc) is 2.77. The van der Waals surface area contributed by atoms with E-state index in [-0.39, 0.29) is 30.0 Å². The van der Waals surface area contributed by atoms with E-state index in [1.54, 1.807) is 11.0 Å². The van der Waals surface area contributed by atoms with E-state index < -0.39 is 0 Å². The van der Waals surface area contributed by atoms with Crippen LogP contribution in [0, 0.1) is 0 Å². The molecule has 0 bridgehead atoms. The van der Waals surface area contributed by atoms with Crippen molar-refractivity contribution < 1.29 is 9.59 Å². The highest BCUT2D eigenvalue weighted by molar-refractivity contribution is 5.95. The van der Waals surface area contributed by atoms with E-state index in [9.17, 15) is 14.4 Å². The molecule has 1 aromatic heterocycles. The smallest absolute Gasteiger partial charge is 0.255 e. The molecular weight excluding hydrogens is 378 g/mol. The second kappa shape index (κ2) is 7.30. The summed E-state index contributed by atoms with van der Waals surface area (Å²) >= 11 is 0. The van der Waals surface area contributed by atoms with Gasteiger partial charge in [0.25, 0.3) is 5.56 Å². The number of rotatable bonds is 2. The van der Waals surface area contributed by atoms with Crippen LogP contribution < -0.4 is 5.56 Å². The summed E-state index contributed by atoms with van der Waals surface area (Å²) in [5.41, 5.74) is 3.27. The van der Waals surface area contributed by atoms with Crippen molar-refractivity contribution in [2.24, 2.45) is 0 Å². The predicted molar refractivity (Wildman–Crippen MR) is 115 cm³/mol. The first-order valence-corrected chi connectivity index (χ1v) is 10.1. The molecule has 2 aliphatic rings. The number of fused-ring (bicyclic) bond motifs is 4. The van der Waals surface area contributed by atoms with Gasteiger partial charge in [0.2, 0.25) is 11.8 Å². The molecule has 2 aromatic carbocycles. The van der Waals surface area contributed by atoms with Gasteiger partial charge in [-0.25, -0.2) is 0 Å². The Hall–Kier alpha value is -3.67. The summed E-state index contributed by atoms with van der Waals surface area (Å²) in [4.78, 5) is 44.1. The normalized spacial score (nSPS) is 18.5. The highest BCUT2D eigenvalue weighted by atomic mass is 16.2. The van der Waals surface area contributed by atoms with Gasteiger partial charge in [0.05, 0.1) is 6.04 Å². The van der Waals surface area contributed by atoms with Gasteiger partial charge in [-0.2, -0.15) is 0 Å². The van der Waals surface area contributed by atoms with Crippen LogP contribution >= 0.6 is 0 Å². The van der Waals surface area contributed by atoms with Crippen LogP contribution in [0.5, 0.6) is 0 Å². The third-order valence-electron chi connectivity index (χ3n) is 5.95. The summed E-state index contributed by atoms with van der Waals surface area (Å²) in [6, 6.07) is 17.2. The molecule has 0 aliphatic carbocycles. The van der Waals surface area contributed by atoms with Gasteiger partial charge in [0.1, 0.15) is 6.54 Å². The SMILES string of the molecule is O=C(/C=C/c1cc2ccccc2[nH]c1=O)N1CC(=O)N2CCc3ccccc3C2C1. The quantitative estimate of drug-likeness (QED) is 0.673. The fourth-order valence-electron chi connectivity index (χ4n) is 4.40. The van der Waals surface area contributed by atoms with E-state index in [0.717, 1.165) is 22.9 Å². The topological polar surface area (TPSA) is 73.5 Å². The first-order chi connectivity index (χ1) is 14.6. The van der Waals surface area contributed by atoms with Gasteiger partial charge in [-0.15, -0.1) is 0 Å². The number of hydrogen-bond donors (Lipinski definition) is 1. The van der Waals surface area contributed by atoms with Crippen molar-refractivity contribution in [3.8, 4) is 0 Å². The van der Waals surface area contributed by atoms with Crippen molar-refractivity contribution in [2.75, 3.05) is 19.6 Å². The molecule has 6 nitrogen and oxygen atoms in total. The van der Waals surface area contributed by atoms with Crippen LogP contribution in [0.1, 0.15) is 22.7 Å². The first kappa shape index (κ1) is 18.4. The lowest BCUT2D eigenvalue weighted by Crippen LogP contribution is -2.55. The minimum absolute atomic E-state index is 0.0361. The average molecular weight is 399 g/mol. The van der Waals surface area contributed by atoms with Crippen LogP contribution in [-0.4, -0.2) is 46.2 Å². The second-order valence-corrected chi connectivity index (χ2v) is 7.74. The maximum Gasteiger partial charge on any atom is 0.255 e. The Morgan fingerprint density at radius 3 is 2.77 bits per heavy atom. The van der Waals surface area contributed by atoms with Crippen molar-refractivity contribution in [3.63, 3.8) is 0 Å². The van der Waals surface area contributed by atoms with E-state index in [0.29, 0.717) is 18.7 Å². The van der Waals surface area contributed by atoms with Crippen LogP contribution in [0.25, 0.3) is 17.0 Å². The number of H-pyrrole nitrogens is 1.